The van der Waals surface area contributed by atoms with E-state index in [4.69, 9.17) is 0 Å². The third-order valence-electron chi connectivity index (χ3n) is 1.96. The van der Waals surface area contributed by atoms with E-state index in [1.807, 2.05) is 0 Å². The standard InChI is InChI=1S/C7H14Si/c1-7(2)3-5-8-6-4-7/h3-6H2,1-2H3. The normalized spacial score (nSPS) is 27.8. The van der Waals surface area contributed by atoms with Crippen LogP contribution >= 0.6 is 0 Å². The zero-order chi connectivity index (χ0) is 6.04. The first kappa shape index (κ1) is 6.34. The van der Waals surface area contributed by atoms with Crippen molar-refractivity contribution in [2.24, 2.45) is 5.41 Å². The van der Waals surface area contributed by atoms with Crippen LogP contribution in [0.3, 0.4) is 0 Å². The predicted octanol–water partition coefficient (Wildman–Crippen LogP) is 2.35. The maximum atomic E-state index is 2.39. The molecule has 0 nitrogen and oxygen atoms in total. The zero-order valence-corrected chi connectivity index (χ0v) is 6.83. The Morgan fingerprint density at radius 3 is 1.88 bits per heavy atom. The van der Waals surface area contributed by atoms with Crippen LogP contribution < -0.4 is 0 Å². The maximum Gasteiger partial charge on any atom is 0.0378 e. The quantitative estimate of drug-likeness (QED) is 0.437. The number of hydrogen-bond acceptors (Lipinski definition) is 0. The summed E-state index contributed by atoms with van der Waals surface area (Å²) in [6.07, 6.45) is 2.93. The lowest BCUT2D eigenvalue weighted by Crippen LogP contribution is -2.17. The minimum atomic E-state index is 0.686. The maximum absolute atomic E-state index is 2.39. The molecule has 0 aromatic rings. The first-order chi connectivity index (χ1) is 3.71. The summed E-state index contributed by atoms with van der Waals surface area (Å²) in [6.45, 7) is 4.77. The molecule has 0 unspecified atom stereocenters. The molecule has 1 heterocycles. The van der Waals surface area contributed by atoms with Gasteiger partial charge in [0.25, 0.3) is 0 Å². The van der Waals surface area contributed by atoms with E-state index in [9.17, 15) is 0 Å². The van der Waals surface area contributed by atoms with E-state index in [-0.39, 0.29) is 0 Å². The summed E-state index contributed by atoms with van der Waals surface area (Å²) in [6, 6.07) is 2.99. The molecule has 0 aromatic carbocycles. The van der Waals surface area contributed by atoms with Crippen molar-refractivity contribution in [3.8, 4) is 0 Å². The van der Waals surface area contributed by atoms with Crippen LogP contribution in [0.15, 0.2) is 0 Å². The molecule has 0 bridgehead atoms. The van der Waals surface area contributed by atoms with Gasteiger partial charge in [-0.05, 0) is 5.41 Å². The molecule has 1 heteroatoms. The molecule has 0 atom stereocenters. The Labute approximate surface area is 54.5 Å². The Morgan fingerprint density at radius 1 is 1.12 bits per heavy atom. The van der Waals surface area contributed by atoms with Gasteiger partial charge in [-0.1, -0.05) is 38.8 Å². The molecular weight excluding hydrogens is 112 g/mol. The molecule has 1 fully saturated rings. The summed E-state index contributed by atoms with van der Waals surface area (Å²) in [4.78, 5) is 0. The van der Waals surface area contributed by atoms with Gasteiger partial charge in [0.05, 0.1) is 0 Å². The minimum Gasteiger partial charge on any atom is -0.0607 e. The predicted molar refractivity (Wildman–Crippen MR) is 38.4 cm³/mol. The molecule has 0 spiro atoms. The molecule has 1 saturated heterocycles. The molecule has 0 aliphatic carbocycles. The molecule has 1 aliphatic heterocycles. The van der Waals surface area contributed by atoms with E-state index in [0.29, 0.717) is 5.41 Å². The lowest BCUT2D eigenvalue weighted by atomic mass is 9.87. The Kier molecular flexibility index (Phi) is 1.76. The van der Waals surface area contributed by atoms with Crippen molar-refractivity contribution in [3.63, 3.8) is 0 Å². The summed E-state index contributed by atoms with van der Waals surface area (Å²) < 4.78 is 0. The molecular formula is C7H14Si. The highest BCUT2D eigenvalue weighted by Gasteiger charge is 2.20. The first-order valence-electron chi connectivity index (χ1n) is 3.41. The Hall–Kier alpha value is 0.217. The van der Waals surface area contributed by atoms with Gasteiger partial charge < -0.3 is 0 Å². The van der Waals surface area contributed by atoms with Crippen molar-refractivity contribution >= 4 is 9.52 Å². The molecule has 2 radical (unpaired) electrons. The molecule has 0 aromatic heterocycles. The second kappa shape index (κ2) is 2.22. The van der Waals surface area contributed by atoms with Gasteiger partial charge in [0.1, 0.15) is 0 Å². The van der Waals surface area contributed by atoms with Gasteiger partial charge in [0, 0.05) is 9.52 Å². The van der Waals surface area contributed by atoms with Crippen molar-refractivity contribution in [3.05, 3.63) is 0 Å². The second-order valence-electron chi connectivity index (χ2n) is 3.41. The topological polar surface area (TPSA) is 0 Å². The van der Waals surface area contributed by atoms with E-state index in [1.165, 1.54) is 34.4 Å². The second-order valence-corrected chi connectivity index (χ2v) is 4.91. The van der Waals surface area contributed by atoms with Crippen LogP contribution in [0.25, 0.3) is 0 Å². The van der Waals surface area contributed by atoms with Crippen molar-refractivity contribution < 1.29 is 0 Å². The Balaban J connectivity index is 2.33. The van der Waals surface area contributed by atoms with Gasteiger partial charge in [0.15, 0.2) is 0 Å². The van der Waals surface area contributed by atoms with Gasteiger partial charge in [-0.3, -0.25) is 0 Å². The average Bonchev–Trinajstić information content (AvgIpc) is 1.65. The highest BCUT2D eigenvalue weighted by molar-refractivity contribution is 6.35. The third-order valence-corrected chi connectivity index (χ3v) is 3.16. The molecule has 0 saturated carbocycles. The first-order valence-corrected chi connectivity index (χ1v) is 4.83. The molecule has 0 N–H and O–H groups in total. The Morgan fingerprint density at radius 2 is 1.62 bits per heavy atom. The lowest BCUT2D eigenvalue weighted by molar-refractivity contribution is 0.325. The summed E-state index contributed by atoms with van der Waals surface area (Å²) in [5.41, 5.74) is 0.686. The monoisotopic (exact) mass is 126 g/mol. The minimum absolute atomic E-state index is 0.686. The van der Waals surface area contributed by atoms with E-state index in [2.05, 4.69) is 13.8 Å². The molecule has 0 amide bonds. The number of hydrogen-bond donors (Lipinski definition) is 0. The van der Waals surface area contributed by atoms with Crippen LogP contribution in [0, 0.1) is 5.41 Å². The van der Waals surface area contributed by atoms with Crippen molar-refractivity contribution in [2.45, 2.75) is 38.8 Å². The fourth-order valence-corrected chi connectivity index (χ4v) is 3.06. The van der Waals surface area contributed by atoms with Crippen molar-refractivity contribution in [1.29, 1.82) is 0 Å². The zero-order valence-electron chi connectivity index (χ0n) is 5.83. The van der Waals surface area contributed by atoms with E-state index >= 15 is 0 Å². The highest BCUT2D eigenvalue weighted by Crippen LogP contribution is 2.32. The molecule has 46 valence electrons. The third kappa shape index (κ3) is 1.62. The average molecular weight is 126 g/mol. The Bertz CT molecular complexity index is 68.5. The summed E-state index contributed by atoms with van der Waals surface area (Å²) >= 11 is 0. The van der Waals surface area contributed by atoms with Gasteiger partial charge in [0.2, 0.25) is 0 Å². The van der Waals surface area contributed by atoms with Crippen LogP contribution in [0.4, 0.5) is 0 Å². The van der Waals surface area contributed by atoms with E-state index < -0.39 is 0 Å². The fourth-order valence-electron chi connectivity index (χ4n) is 1.10. The smallest absolute Gasteiger partial charge is 0.0378 e. The summed E-state index contributed by atoms with van der Waals surface area (Å²) in [7, 11) is 1.27. The van der Waals surface area contributed by atoms with Crippen molar-refractivity contribution in [1.82, 2.24) is 0 Å². The van der Waals surface area contributed by atoms with Gasteiger partial charge >= 0.3 is 0 Å². The van der Waals surface area contributed by atoms with E-state index in [0.717, 1.165) is 0 Å². The van der Waals surface area contributed by atoms with Crippen LogP contribution in [-0.2, 0) is 0 Å². The molecule has 8 heavy (non-hydrogen) atoms. The number of rotatable bonds is 0. The van der Waals surface area contributed by atoms with Crippen LogP contribution in [0.5, 0.6) is 0 Å². The van der Waals surface area contributed by atoms with Gasteiger partial charge in [-0.25, -0.2) is 0 Å². The van der Waals surface area contributed by atoms with Crippen LogP contribution in [-0.4, -0.2) is 9.52 Å². The summed E-state index contributed by atoms with van der Waals surface area (Å²) in [5.74, 6) is 0. The van der Waals surface area contributed by atoms with E-state index in [1.54, 1.807) is 0 Å². The van der Waals surface area contributed by atoms with Crippen LogP contribution in [0.1, 0.15) is 26.7 Å². The summed E-state index contributed by atoms with van der Waals surface area (Å²) in [5, 5.41) is 0. The fraction of sp³-hybridized carbons (Fsp3) is 1.00. The lowest BCUT2D eigenvalue weighted by Gasteiger charge is -2.28. The largest absolute Gasteiger partial charge is 0.0607 e. The highest BCUT2D eigenvalue weighted by atomic mass is 28.2. The van der Waals surface area contributed by atoms with Gasteiger partial charge in [-0.15, -0.1) is 0 Å². The van der Waals surface area contributed by atoms with Crippen molar-refractivity contribution in [2.75, 3.05) is 0 Å². The molecule has 1 rings (SSSR count). The van der Waals surface area contributed by atoms with Crippen LogP contribution in [0.2, 0.25) is 12.1 Å². The molecule has 1 aliphatic rings. The SMILES string of the molecule is CC1(C)CC[Si]CC1. The van der Waals surface area contributed by atoms with Gasteiger partial charge in [-0.2, -0.15) is 0 Å².